The maximum atomic E-state index is 10.5. The van der Waals surface area contributed by atoms with Gasteiger partial charge in [-0.25, -0.2) is 0 Å². The van der Waals surface area contributed by atoms with Crippen molar-refractivity contribution in [3.8, 4) is 5.75 Å². The number of hydrogen-bond acceptors (Lipinski definition) is 3. The number of halogens is 1. The molecule has 0 aromatic heterocycles. The molecule has 0 bridgehead atoms. The Morgan fingerprint density at radius 3 is 2.65 bits per heavy atom. The molecule has 0 radical (unpaired) electrons. The number of aliphatic carboxylic acids is 1. The second kappa shape index (κ2) is 5.51. The van der Waals surface area contributed by atoms with Crippen LogP contribution >= 0.6 is 15.9 Å². The van der Waals surface area contributed by atoms with Crippen LogP contribution in [0.1, 0.15) is 35.6 Å². The third kappa shape index (κ3) is 3.20. The Labute approximate surface area is 109 Å². The van der Waals surface area contributed by atoms with Crippen LogP contribution in [-0.2, 0) is 4.79 Å². The normalized spacial score (nSPS) is 12.5. The van der Waals surface area contributed by atoms with Gasteiger partial charge < -0.3 is 15.9 Å². The van der Waals surface area contributed by atoms with Gasteiger partial charge in [-0.3, -0.25) is 4.79 Å². The molecule has 0 aliphatic heterocycles. The van der Waals surface area contributed by atoms with Crippen LogP contribution in [0.15, 0.2) is 10.5 Å². The summed E-state index contributed by atoms with van der Waals surface area (Å²) < 4.78 is 0.821. The lowest BCUT2D eigenvalue weighted by atomic mass is 9.95. The average Bonchev–Trinajstić information content (AvgIpc) is 2.23. The number of aryl methyl sites for hydroxylation is 1. The summed E-state index contributed by atoms with van der Waals surface area (Å²) in [6, 6.07) is 1.42. The van der Waals surface area contributed by atoms with E-state index >= 15 is 0 Å². The van der Waals surface area contributed by atoms with Crippen molar-refractivity contribution in [2.24, 2.45) is 5.73 Å². The Kier molecular flexibility index (Phi) is 4.54. The van der Waals surface area contributed by atoms with Crippen molar-refractivity contribution < 1.29 is 15.0 Å². The lowest BCUT2D eigenvalue weighted by molar-refractivity contribution is -0.137. The Morgan fingerprint density at radius 2 is 2.12 bits per heavy atom. The van der Waals surface area contributed by atoms with Gasteiger partial charge in [0, 0.05) is 28.1 Å². The molecule has 4 nitrogen and oxygen atoms in total. The van der Waals surface area contributed by atoms with Crippen LogP contribution in [-0.4, -0.2) is 16.2 Å². The molecule has 5 heteroatoms. The van der Waals surface area contributed by atoms with E-state index in [1.807, 2.05) is 13.0 Å². The summed E-state index contributed by atoms with van der Waals surface area (Å²) in [5.74, 6) is -0.735. The molecule has 1 unspecified atom stereocenters. The van der Waals surface area contributed by atoms with Crippen LogP contribution in [0.2, 0.25) is 0 Å². The largest absolute Gasteiger partial charge is 0.507 e. The van der Waals surface area contributed by atoms with Gasteiger partial charge in [0.25, 0.3) is 0 Å². The smallest absolute Gasteiger partial charge is 0.303 e. The summed E-state index contributed by atoms with van der Waals surface area (Å²) in [5, 5.41) is 18.7. The average molecular weight is 302 g/mol. The SMILES string of the molecule is Cc1cc(Br)c(C)c(O)c1C(N)CCC(=O)O. The van der Waals surface area contributed by atoms with Crippen LogP contribution in [0.3, 0.4) is 0 Å². The number of benzene rings is 1. The van der Waals surface area contributed by atoms with Gasteiger partial charge in [-0.15, -0.1) is 0 Å². The fraction of sp³-hybridized carbons (Fsp3) is 0.417. The molecule has 1 rings (SSSR count). The summed E-state index contributed by atoms with van der Waals surface area (Å²) >= 11 is 3.35. The first-order chi connectivity index (χ1) is 7.84. The summed E-state index contributed by atoms with van der Waals surface area (Å²) in [7, 11) is 0. The van der Waals surface area contributed by atoms with Crippen LogP contribution in [0.5, 0.6) is 5.75 Å². The number of phenols is 1. The van der Waals surface area contributed by atoms with Crippen molar-refractivity contribution in [2.75, 3.05) is 0 Å². The molecule has 1 aromatic rings. The minimum Gasteiger partial charge on any atom is -0.507 e. The van der Waals surface area contributed by atoms with Crippen molar-refractivity contribution in [2.45, 2.75) is 32.7 Å². The second-order valence-electron chi connectivity index (χ2n) is 4.10. The summed E-state index contributed by atoms with van der Waals surface area (Å²) in [5.41, 5.74) is 8.13. The molecule has 0 saturated carbocycles. The number of carboxylic acids is 1. The van der Waals surface area contributed by atoms with Crippen LogP contribution in [0.25, 0.3) is 0 Å². The zero-order valence-corrected chi connectivity index (χ0v) is 11.4. The first kappa shape index (κ1) is 14.0. The van der Waals surface area contributed by atoms with Gasteiger partial charge >= 0.3 is 5.97 Å². The molecular weight excluding hydrogens is 286 g/mol. The van der Waals surface area contributed by atoms with E-state index in [2.05, 4.69) is 15.9 Å². The third-order valence-corrected chi connectivity index (χ3v) is 3.60. The predicted molar refractivity (Wildman–Crippen MR) is 69.1 cm³/mol. The lowest BCUT2D eigenvalue weighted by Crippen LogP contribution is -2.14. The van der Waals surface area contributed by atoms with E-state index in [1.165, 1.54) is 0 Å². The number of carboxylic acid groups (broad SMARTS) is 1. The Balaban J connectivity index is 3.05. The molecule has 17 heavy (non-hydrogen) atoms. The number of rotatable bonds is 4. The summed E-state index contributed by atoms with van der Waals surface area (Å²) in [4.78, 5) is 10.5. The molecule has 94 valence electrons. The van der Waals surface area contributed by atoms with Gasteiger partial charge in [0.15, 0.2) is 0 Å². The molecule has 0 heterocycles. The second-order valence-corrected chi connectivity index (χ2v) is 4.96. The van der Waals surface area contributed by atoms with E-state index in [9.17, 15) is 9.90 Å². The van der Waals surface area contributed by atoms with Gasteiger partial charge in [-0.2, -0.15) is 0 Å². The minimum absolute atomic E-state index is 0.00480. The maximum absolute atomic E-state index is 10.5. The van der Waals surface area contributed by atoms with E-state index in [1.54, 1.807) is 6.92 Å². The number of phenolic OH excluding ortho intramolecular Hbond substituents is 1. The van der Waals surface area contributed by atoms with Gasteiger partial charge in [0.2, 0.25) is 0 Å². The molecule has 1 atom stereocenters. The van der Waals surface area contributed by atoms with Crippen LogP contribution < -0.4 is 5.73 Å². The summed E-state index contributed by atoms with van der Waals surface area (Å²) in [6.07, 6.45) is 0.306. The van der Waals surface area contributed by atoms with Crippen molar-refractivity contribution in [3.63, 3.8) is 0 Å². The molecule has 0 amide bonds. The number of hydrogen-bond donors (Lipinski definition) is 3. The van der Waals surface area contributed by atoms with Crippen molar-refractivity contribution in [1.29, 1.82) is 0 Å². The van der Waals surface area contributed by atoms with Gasteiger partial charge in [0.05, 0.1) is 0 Å². The number of carbonyl (C=O) groups is 1. The molecule has 0 aliphatic carbocycles. The standard InChI is InChI=1S/C12H16BrNO3/c1-6-5-8(13)7(2)12(17)11(6)9(14)3-4-10(15)16/h5,9,17H,3-4,14H2,1-2H3,(H,15,16). The van der Waals surface area contributed by atoms with E-state index in [0.29, 0.717) is 12.0 Å². The first-order valence-corrected chi connectivity index (χ1v) is 6.09. The zero-order chi connectivity index (χ0) is 13.2. The Hall–Kier alpha value is -1.07. The highest BCUT2D eigenvalue weighted by Crippen LogP contribution is 2.36. The molecule has 1 aromatic carbocycles. The Bertz CT molecular complexity index is 446. The third-order valence-electron chi connectivity index (χ3n) is 2.78. The highest BCUT2D eigenvalue weighted by molar-refractivity contribution is 9.10. The highest BCUT2D eigenvalue weighted by Gasteiger charge is 2.18. The fourth-order valence-electron chi connectivity index (χ4n) is 1.77. The van der Waals surface area contributed by atoms with Gasteiger partial charge in [-0.1, -0.05) is 15.9 Å². The number of aromatic hydroxyl groups is 1. The van der Waals surface area contributed by atoms with E-state index in [-0.39, 0.29) is 12.2 Å². The van der Waals surface area contributed by atoms with Crippen molar-refractivity contribution in [1.82, 2.24) is 0 Å². The summed E-state index contributed by atoms with van der Waals surface area (Å²) in [6.45, 7) is 3.63. The van der Waals surface area contributed by atoms with Crippen molar-refractivity contribution >= 4 is 21.9 Å². The highest BCUT2D eigenvalue weighted by atomic mass is 79.9. The predicted octanol–water partition coefficient (Wildman–Crippen LogP) is 2.64. The van der Waals surface area contributed by atoms with Crippen molar-refractivity contribution in [3.05, 3.63) is 27.2 Å². The zero-order valence-electron chi connectivity index (χ0n) is 9.83. The molecule has 0 aliphatic rings. The maximum Gasteiger partial charge on any atom is 0.303 e. The van der Waals surface area contributed by atoms with E-state index < -0.39 is 12.0 Å². The van der Waals surface area contributed by atoms with E-state index in [0.717, 1.165) is 15.6 Å². The van der Waals surface area contributed by atoms with Crippen LogP contribution in [0.4, 0.5) is 0 Å². The van der Waals surface area contributed by atoms with E-state index in [4.69, 9.17) is 10.8 Å². The quantitative estimate of drug-likeness (QED) is 0.798. The lowest BCUT2D eigenvalue weighted by Gasteiger charge is -2.18. The molecule has 4 N–H and O–H groups in total. The monoisotopic (exact) mass is 301 g/mol. The molecule has 0 spiro atoms. The topological polar surface area (TPSA) is 83.5 Å². The Morgan fingerprint density at radius 1 is 1.53 bits per heavy atom. The minimum atomic E-state index is -0.883. The molecule has 0 fully saturated rings. The van der Waals surface area contributed by atoms with Crippen LogP contribution in [0, 0.1) is 13.8 Å². The fourth-order valence-corrected chi connectivity index (χ4v) is 2.30. The molecular formula is C12H16BrNO3. The first-order valence-electron chi connectivity index (χ1n) is 5.30. The molecule has 0 saturated heterocycles. The van der Waals surface area contributed by atoms with Gasteiger partial charge in [0.1, 0.15) is 5.75 Å². The number of nitrogens with two attached hydrogens (primary N) is 1. The van der Waals surface area contributed by atoms with Gasteiger partial charge in [-0.05, 0) is 31.9 Å².